The summed E-state index contributed by atoms with van der Waals surface area (Å²) in [5, 5.41) is 9.55. The summed E-state index contributed by atoms with van der Waals surface area (Å²) < 4.78 is 10.9. The Morgan fingerprint density at radius 1 is 0.956 bits per heavy atom. The second-order valence-corrected chi connectivity index (χ2v) is 13.7. The molecule has 2 aromatic carbocycles. The number of methoxy groups -OCH3 is 1. The Hall–Kier alpha value is -3.30. The first-order valence-electron chi connectivity index (χ1n) is 15.6. The molecule has 0 aromatic heterocycles. The molecule has 2 aromatic rings. The van der Waals surface area contributed by atoms with Crippen molar-refractivity contribution in [3.8, 4) is 0 Å². The van der Waals surface area contributed by atoms with Crippen LogP contribution in [0.3, 0.4) is 0 Å². The second kappa shape index (κ2) is 15.8. The molecule has 1 aliphatic carbocycles. The number of nitrogens with one attached hydrogen (secondary N) is 3. The molecule has 244 valence electrons. The van der Waals surface area contributed by atoms with Gasteiger partial charge in [-0.3, -0.25) is 9.59 Å². The molecule has 4 atom stereocenters. The zero-order chi connectivity index (χ0) is 32.6. The highest BCUT2D eigenvalue weighted by Crippen LogP contribution is 2.30. The van der Waals surface area contributed by atoms with Crippen molar-refractivity contribution in [3.63, 3.8) is 0 Å². The van der Waals surface area contributed by atoms with Crippen LogP contribution in [0.25, 0.3) is 0 Å². The molecule has 1 heterocycles. The first-order chi connectivity index (χ1) is 21.4. The van der Waals surface area contributed by atoms with Crippen LogP contribution in [0, 0.1) is 11.8 Å². The van der Waals surface area contributed by atoms with Crippen LogP contribution in [-0.4, -0.2) is 48.6 Å². The van der Waals surface area contributed by atoms with Crippen LogP contribution in [0.2, 0.25) is 10.0 Å². The van der Waals surface area contributed by atoms with Gasteiger partial charge in [-0.2, -0.15) is 0 Å². The molecule has 0 radical (unpaired) electrons. The van der Waals surface area contributed by atoms with E-state index >= 15 is 0 Å². The van der Waals surface area contributed by atoms with Gasteiger partial charge in [-0.25, -0.2) is 9.59 Å². The number of carbonyl (C=O) groups excluding carboxylic acids is 4. The van der Waals surface area contributed by atoms with Crippen molar-refractivity contribution in [2.45, 2.75) is 95.4 Å². The van der Waals surface area contributed by atoms with Crippen molar-refractivity contribution in [3.05, 3.63) is 69.7 Å². The largest absolute Gasteiger partial charge is 0.467 e. The third kappa shape index (κ3) is 10.4. The van der Waals surface area contributed by atoms with E-state index in [4.69, 9.17) is 32.7 Å². The van der Waals surface area contributed by atoms with Crippen molar-refractivity contribution >= 4 is 47.1 Å². The van der Waals surface area contributed by atoms with Crippen molar-refractivity contribution in [1.82, 2.24) is 16.0 Å². The SMILES string of the molecule is COC(=O)C(CC1CC(C)(C)NC1=O)NC(=O)C(CC1CCCCC1)NC(=O)OC(Cc1cccc(Cl)c1)c1cccc(Cl)c1. The fraction of sp³-hybridized carbons (Fsp3) is 0.529. The molecule has 2 fully saturated rings. The molecule has 1 aliphatic heterocycles. The summed E-state index contributed by atoms with van der Waals surface area (Å²) in [6.45, 7) is 3.82. The monoisotopic (exact) mass is 659 g/mol. The number of amides is 3. The van der Waals surface area contributed by atoms with Gasteiger partial charge in [0.05, 0.1) is 7.11 Å². The molecule has 0 spiro atoms. The summed E-state index contributed by atoms with van der Waals surface area (Å²) >= 11 is 12.5. The van der Waals surface area contributed by atoms with Crippen LogP contribution in [0.5, 0.6) is 0 Å². The third-order valence-electron chi connectivity index (χ3n) is 8.59. The van der Waals surface area contributed by atoms with Gasteiger partial charge in [-0.15, -0.1) is 0 Å². The molecule has 1 saturated carbocycles. The molecule has 11 heteroatoms. The van der Waals surface area contributed by atoms with Crippen LogP contribution < -0.4 is 16.0 Å². The van der Waals surface area contributed by atoms with Crippen molar-refractivity contribution in [2.75, 3.05) is 7.11 Å². The van der Waals surface area contributed by atoms with E-state index in [0.717, 1.165) is 37.7 Å². The zero-order valence-corrected chi connectivity index (χ0v) is 27.6. The first-order valence-corrected chi connectivity index (χ1v) is 16.4. The van der Waals surface area contributed by atoms with Gasteiger partial charge in [-0.05, 0) is 74.4 Å². The fourth-order valence-corrected chi connectivity index (χ4v) is 6.82. The number of rotatable bonds is 12. The Morgan fingerprint density at radius 2 is 1.64 bits per heavy atom. The smallest absolute Gasteiger partial charge is 0.408 e. The average molecular weight is 661 g/mol. The normalized spacial score (nSPS) is 19.9. The first kappa shape index (κ1) is 34.6. The Morgan fingerprint density at radius 3 is 2.27 bits per heavy atom. The van der Waals surface area contributed by atoms with Crippen LogP contribution in [-0.2, 0) is 30.3 Å². The third-order valence-corrected chi connectivity index (χ3v) is 9.06. The molecule has 0 bridgehead atoms. The Bertz CT molecular complexity index is 1360. The number of hydrogen-bond acceptors (Lipinski definition) is 6. The van der Waals surface area contributed by atoms with Crippen molar-refractivity contribution in [2.24, 2.45) is 11.8 Å². The lowest BCUT2D eigenvalue weighted by atomic mass is 9.84. The second-order valence-electron chi connectivity index (χ2n) is 12.8. The molecule has 4 rings (SSSR count). The lowest BCUT2D eigenvalue weighted by Gasteiger charge is -2.28. The maximum absolute atomic E-state index is 13.8. The van der Waals surface area contributed by atoms with Gasteiger partial charge >= 0.3 is 12.1 Å². The van der Waals surface area contributed by atoms with E-state index in [2.05, 4.69) is 16.0 Å². The van der Waals surface area contributed by atoms with E-state index in [-0.39, 0.29) is 18.2 Å². The summed E-state index contributed by atoms with van der Waals surface area (Å²) in [4.78, 5) is 52.6. The number of esters is 1. The summed E-state index contributed by atoms with van der Waals surface area (Å²) in [6.07, 6.45) is 4.97. The maximum Gasteiger partial charge on any atom is 0.408 e. The van der Waals surface area contributed by atoms with Gasteiger partial charge in [0.1, 0.15) is 18.2 Å². The summed E-state index contributed by atoms with van der Waals surface area (Å²) in [6, 6.07) is 12.3. The van der Waals surface area contributed by atoms with Crippen molar-refractivity contribution < 1.29 is 28.7 Å². The van der Waals surface area contributed by atoms with Crippen LogP contribution >= 0.6 is 23.2 Å². The highest BCUT2D eigenvalue weighted by atomic mass is 35.5. The van der Waals surface area contributed by atoms with Crippen LogP contribution in [0.1, 0.15) is 82.4 Å². The average Bonchev–Trinajstić information content (AvgIpc) is 3.26. The molecular formula is C34H43Cl2N3O6. The zero-order valence-electron chi connectivity index (χ0n) is 26.1. The molecule has 3 amide bonds. The number of carbonyl (C=O) groups is 4. The summed E-state index contributed by atoms with van der Waals surface area (Å²) in [7, 11) is 1.24. The quantitative estimate of drug-likeness (QED) is 0.230. The van der Waals surface area contributed by atoms with Gasteiger partial charge in [0, 0.05) is 27.9 Å². The number of alkyl carbamates (subject to hydrolysis) is 1. The van der Waals surface area contributed by atoms with Crippen molar-refractivity contribution in [1.29, 1.82) is 0 Å². The minimum absolute atomic E-state index is 0.0880. The standard InChI is InChI=1S/C34H43Cl2N3O6/c1-34(2)20-24(30(40)39-34)19-28(32(42)44-3)37-31(41)27(16-21-9-5-4-6-10-21)38-33(43)45-29(23-12-8-14-26(36)18-23)17-22-11-7-13-25(35)15-22/h7-8,11-15,18,21,24,27-29H,4-6,9-10,16-17,19-20H2,1-3H3,(H,37,41)(H,38,43)(H,39,40). The molecular weight excluding hydrogens is 617 g/mol. The number of hydrogen-bond donors (Lipinski definition) is 3. The predicted molar refractivity (Wildman–Crippen MR) is 173 cm³/mol. The Balaban J connectivity index is 1.51. The van der Waals surface area contributed by atoms with Gasteiger partial charge in [0.2, 0.25) is 11.8 Å². The van der Waals surface area contributed by atoms with E-state index < -0.39 is 47.6 Å². The minimum Gasteiger partial charge on any atom is -0.467 e. The highest BCUT2D eigenvalue weighted by molar-refractivity contribution is 6.30. The summed E-state index contributed by atoms with van der Waals surface area (Å²) in [5.41, 5.74) is 1.14. The van der Waals surface area contributed by atoms with E-state index in [1.54, 1.807) is 30.3 Å². The summed E-state index contributed by atoms with van der Waals surface area (Å²) in [5.74, 6) is -1.59. The number of halogens is 2. The molecule has 4 unspecified atom stereocenters. The topological polar surface area (TPSA) is 123 Å². The van der Waals surface area contributed by atoms with Crippen LogP contribution in [0.4, 0.5) is 4.79 Å². The molecule has 45 heavy (non-hydrogen) atoms. The lowest BCUT2D eigenvalue weighted by Crippen LogP contribution is -2.53. The fourth-order valence-electron chi connectivity index (χ4n) is 6.40. The molecule has 2 aliphatic rings. The number of ether oxygens (including phenoxy) is 2. The van der Waals surface area contributed by atoms with E-state index in [1.165, 1.54) is 7.11 Å². The Labute approximate surface area is 275 Å². The van der Waals surface area contributed by atoms with E-state index in [0.29, 0.717) is 34.9 Å². The van der Waals surface area contributed by atoms with E-state index in [9.17, 15) is 19.2 Å². The van der Waals surface area contributed by atoms with Gasteiger partial charge in [0.25, 0.3) is 0 Å². The lowest BCUT2D eigenvalue weighted by molar-refractivity contribution is -0.146. The van der Waals surface area contributed by atoms with E-state index in [1.807, 2.05) is 32.0 Å². The van der Waals surface area contributed by atoms with Crippen LogP contribution in [0.15, 0.2) is 48.5 Å². The van der Waals surface area contributed by atoms with Gasteiger partial charge in [0.15, 0.2) is 0 Å². The highest BCUT2D eigenvalue weighted by Gasteiger charge is 2.41. The molecule has 1 saturated heterocycles. The van der Waals surface area contributed by atoms with Gasteiger partial charge in [-0.1, -0.05) is 79.6 Å². The van der Waals surface area contributed by atoms with Gasteiger partial charge < -0.3 is 25.4 Å². The molecule has 9 nitrogen and oxygen atoms in total. The Kier molecular flexibility index (Phi) is 12.1. The molecule has 3 N–H and O–H groups in total. The number of benzene rings is 2. The minimum atomic E-state index is -1.05. The maximum atomic E-state index is 13.8. The predicted octanol–water partition coefficient (Wildman–Crippen LogP) is 6.31.